The number of pyridine rings is 1. The summed E-state index contributed by atoms with van der Waals surface area (Å²) in [6, 6.07) is 20.9. The summed E-state index contributed by atoms with van der Waals surface area (Å²) in [5, 5.41) is 6.59. The zero-order chi connectivity index (χ0) is 20.9. The van der Waals surface area contributed by atoms with Crippen molar-refractivity contribution >= 4 is 57.3 Å². The summed E-state index contributed by atoms with van der Waals surface area (Å²) in [6.45, 7) is 0. The van der Waals surface area contributed by atoms with Crippen molar-refractivity contribution in [2.75, 3.05) is 12.9 Å². The largest absolute Gasteiger partial charge is 0.497 e. The smallest absolute Gasteiger partial charge is 0.250 e. The van der Waals surface area contributed by atoms with Gasteiger partial charge in [-0.15, -0.1) is 11.8 Å². The van der Waals surface area contributed by atoms with Gasteiger partial charge in [0.15, 0.2) is 0 Å². The van der Waals surface area contributed by atoms with Gasteiger partial charge in [-0.1, -0.05) is 29.8 Å². The molecule has 0 unspecified atom stereocenters. The third-order valence-electron chi connectivity index (χ3n) is 4.46. The minimum absolute atomic E-state index is 0.194. The maximum atomic E-state index is 12.3. The van der Waals surface area contributed by atoms with E-state index in [-0.39, 0.29) is 11.7 Å². The number of para-hydroxylation sites is 1. The SMILES string of the molecule is COc1ccc(/C=N/NC(=O)CSc2c3ccccc3nc3ccc(Cl)cc23)cc1. The molecule has 0 saturated carbocycles. The Morgan fingerprint density at radius 3 is 2.67 bits per heavy atom. The number of aromatic nitrogens is 1. The first kappa shape index (κ1) is 20.2. The Bertz CT molecular complexity index is 1240. The standard InChI is InChI=1S/C23H18ClN3O2S/c1-29-17-9-6-15(7-10-17)13-25-27-22(28)14-30-23-18-4-2-3-5-20(18)26-21-11-8-16(24)12-19(21)23/h2-13H,14H2,1H3,(H,27,28)/b25-13+. The average Bonchev–Trinajstić information content (AvgIpc) is 2.77. The Kier molecular flexibility index (Phi) is 6.16. The first-order valence-corrected chi connectivity index (χ1v) is 10.6. The van der Waals surface area contributed by atoms with E-state index in [0.29, 0.717) is 5.02 Å². The number of benzene rings is 3. The van der Waals surface area contributed by atoms with Crippen LogP contribution in [0.3, 0.4) is 0 Å². The molecule has 0 fully saturated rings. The zero-order valence-electron chi connectivity index (χ0n) is 16.1. The number of hydrazone groups is 1. The first-order chi connectivity index (χ1) is 14.6. The van der Waals surface area contributed by atoms with Gasteiger partial charge in [0.25, 0.3) is 0 Å². The molecule has 4 aromatic rings. The molecule has 3 aromatic carbocycles. The van der Waals surface area contributed by atoms with Crippen LogP contribution in [0, 0.1) is 0 Å². The summed E-state index contributed by atoms with van der Waals surface area (Å²) in [5.41, 5.74) is 5.17. The Balaban J connectivity index is 1.50. The normalized spacial score (nSPS) is 11.3. The molecule has 1 amide bonds. The summed E-state index contributed by atoms with van der Waals surface area (Å²) in [5.74, 6) is 0.792. The molecule has 0 aliphatic carbocycles. The second kappa shape index (κ2) is 9.15. The molecule has 0 aliphatic heterocycles. The van der Waals surface area contributed by atoms with Gasteiger partial charge in [-0.05, 0) is 54.1 Å². The number of amides is 1. The number of nitrogens with zero attached hydrogens (tertiary/aromatic N) is 2. The molecule has 0 atom stereocenters. The Labute approximate surface area is 183 Å². The maximum absolute atomic E-state index is 12.3. The van der Waals surface area contributed by atoms with E-state index in [1.807, 2.05) is 66.7 Å². The van der Waals surface area contributed by atoms with Crippen LogP contribution in [0.2, 0.25) is 5.02 Å². The number of carbonyl (C=O) groups is 1. The van der Waals surface area contributed by atoms with Gasteiger partial charge in [0.05, 0.1) is 30.1 Å². The molecular weight excluding hydrogens is 418 g/mol. The van der Waals surface area contributed by atoms with Crippen LogP contribution in [0.25, 0.3) is 21.8 Å². The van der Waals surface area contributed by atoms with Crippen molar-refractivity contribution in [3.63, 3.8) is 0 Å². The molecule has 0 saturated heterocycles. The van der Waals surface area contributed by atoms with Crippen LogP contribution < -0.4 is 10.2 Å². The van der Waals surface area contributed by atoms with Gasteiger partial charge in [-0.25, -0.2) is 10.4 Å². The van der Waals surface area contributed by atoms with E-state index in [9.17, 15) is 4.79 Å². The lowest BCUT2D eigenvalue weighted by Gasteiger charge is -2.10. The predicted molar refractivity (Wildman–Crippen MR) is 124 cm³/mol. The number of thioether (sulfide) groups is 1. The number of hydrogen-bond donors (Lipinski definition) is 1. The van der Waals surface area contributed by atoms with Crippen LogP contribution >= 0.6 is 23.4 Å². The lowest BCUT2D eigenvalue weighted by molar-refractivity contribution is -0.118. The van der Waals surface area contributed by atoms with Crippen molar-refractivity contribution < 1.29 is 9.53 Å². The monoisotopic (exact) mass is 435 g/mol. The molecular formula is C23H18ClN3O2S. The lowest BCUT2D eigenvalue weighted by atomic mass is 10.1. The van der Waals surface area contributed by atoms with Crippen molar-refractivity contribution in [2.45, 2.75) is 4.90 Å². The molecule has 7 heteroatoms. The Morgan fingerprint density at radius 2 is 1.87 bits per heavy atom. The number of halogens is 1. The molecule has 0 bridgehead atoms. The summed E-state index contributed by atoms with van der Waals surface area (Å²) < 4.78 is 5.12. The predicted octanol–water partition coefficient (Wildman–Crippen LogP) is 5.29. The molecule has 0 radical (unpaired) electrons. The summed E-state index contributed by atoms with van der Waals surface area (Å²) in [6.07, 6.45) is 1.60. The molecule has 0 spiro atoms. The second-order valence-corrected chi connectivity index (χ2v) is 7.90. The number of nitrogens with one attached hydrogen (secondary N) is 1. The van der Waals surface area contributed by atoms with Crippen molar-refractivity contribution in [1.82, 2.24) is 10.4 Å². The van der Waals surface area contributed by atoms with Crippen LogP contribution in [0.1, 0.15) is 5.56 Å². The highest BCUT2D eigenvalue weighted by molar-refractivity contribution is 8.00. The molecule has 150 valence electrons. The summed E-state index contributed by atoms with van der Waals surface area (Å²) in [4.78, 5) is 18.0. The Morgan fingerprint density at radius 1 is 1.10 bits per heavy atom. The van der Waals surface area contributed by atoms with Crippen molar-refractivity contribution in [3.8, 4) is 5.75 Å². The van der Waals surface area contributed by atoms with Gasteiger partial charge >= 0.3 is 0 Å². The quantitative estimate of drug-likeness (QED) is 0.193. The van der Waals surface area contributed by atoms with Gasteiger partial charge in [0.1, 0.15) is 5.75 Å². The van der Waals surface area contributed by atoms with Crippen LogP contribution in [-0.4, -0.2) is 30.0 Å². The molecule has 1 aromatic heterocycles. The van der Waals surface area contributed by atoms with Crippen molar-refractivity contribution in [2.24, 2.45) is 5.10 Å². The third kappa shape index (κ3) is 4.56. The average molecular weight is 436 g/mol. The topological polar surface area (TPSA) is 63.6 Å². The number of methoxy groups -OCH3 is 1. The highest BCUT2D eigenvalue weighted by atomic mass is 35.5. The van der Waals surface area contributed by atoms with E-state index < -0.39 is 0 Å². The van der Waals surface area contributed by atoms with Gasteiger partial charge in [0, 0.05) is 20.7 Å². The molecule has 1 heterocycles. The van der Waals surface area contributed by atoms with Gasteiger partial charge < -0.3 is 4.74 Å². The van der Waals surface area contributed by atoms with Crippen LogP contribution in [0.4, 0.5) is 0 Å². The van der Waals surface area contributed by atoms with E-state index in [2.05, 4.69) is 10.5 Å². The van der Waals surface area contributed by atoms with Gasteiger partial charge in [-0.2, -0.15) is 5.10 Å². The minimum Gasteiger partial charge on any atom is -0.497 e. The number of carbonyl (C=O) groups excluding carboxylic acids is 1. The maximum Gasteiger partial charge on any atom is 0.250 e. The fourth-order valence-corrected chi connectivity index (χ4v) is 4.18. The molecule has 30 heavy (non-hydrogen) atoms. The van der Waals surface area contributed by atoms with E-state index in [1.165, 1.54) is 11.8 Å². The third-order valence-corrected chi connectivity index (χ3v) is 5.83. The van der Waals surface area contributed by atoms with E-state index >= 15 is 0 Å². The number of ether oxygens (including phenoxy) is 1. The summed E-state index contributed by atoms with van der Waals surface area (Å²) in [7, 11) is 1.62. The van der Waals surface area contributed by atoms with Crippen LogP contribution in [0.15, 0.2) is 76.7 Å². The first-order valence-electron chi connectivity index (χ1n) is 9.21. The van der Waals surface area contributed by atoms with Crippen molar-refractivity contribution in [3.05, 3.63) is 77.3 Å². The van der Waals surface area contributed by atoms with Crippen LogP contribution in [0.5, 0.6) is 5.75 Å². The number of hydrogen-bond acceptors (Lipinski definition) is 5. The van der Waals surface area contributed by atoms with E-state index in [1.54, 1.807) is 13.3 Å². The van der Waals surface area contributed by atoms with Gasteiger partial charge in [0.2, 0.25) is 5.91 Å². The molecule has 4 rings (SSSR count). The fourth-order valence-electron chi connectivity index (χ4n) is 3.02. The second-order valence-electron chi connectivity index (χ2n) is 6.47. The Hall–Kier alpha value is -3.09. The van der Waals surface area contributed by atoms with Crippen LogP contribution in [-0.2, 0) is 4.79 Å². The zero-order valence-corrected chi connectivity index (χ0v) is 17.7. The minimum atomic E-state index is -0.194. The van der Waals surface area contributed by atoms with E-state index in [4.69, 9.17) is 21.3 Å². The highest BCUT2D eigenvalue weighted by Gasteiger charge is 2.12. The lowest BCUT2D eigenvalue weighted by Crippen LogP contribution is -2.19. The summed E-state index contributed by atoms with van der Waals surface area (Å²) >= 11 is 7.65. The highest BCUT2D eigenvalue weighted by Crippen LogP contribution is 2.35. The fraction of sp³-hybridized carbons (Fsp3) is 0.0870. The van der Waals surface area contributed by atoms with Crippen molar-refractivity contribution in [1.29, 1.82) is 0 Å². The molecule has 0 aliphatic rings. The van der Waals surface area contributed by atoms with E-state index in [0.717, 1.165) is 38.0 Å². The molecule has 1 N–H and O–H groups in total. The van der Waals surface area contributed by atoms with Gasteiger partial charge in [-0.3, -0.25) is 4.79 Å². The number of fused-ring (bicyclic) bond motifs is 2. The number of rotatable bonds is 6. The molecule has 5 nitrogen and oxygen atoms in total.